The van der Waals surface area contributed by atoms with E-state index in [1.807, 2.05) is 0 Å². The van der Waals surface area contributed by atoms with Crippen molar-refractivity contribution >= 4 is 45.2 Å². The molecule has 5 N–H and O–H groups in total. The van der Waals surface area contributed by atoms with E-state index in [2.05, 4.69) is 0 Å². The second-order valence-corrected chi connectivity index (χ2v) is 8.31. The molecule has 0 bridgehead atoms. The Kier molecular flexibility index (Phi) is 8.77. The molecule has 33 heavy (non-hydrogen) atoms. The van der Waals surface area contributed by atoms with Crippen molar-refractivity contribution in [2.45, 2.75) is 9.79 Å². The average molecular weight is 497 g/mol. The van der Waals surface area contributed by atoms with Gasteiger partial charge in [-0.1, -0.05) is 21.6 Å². The lowest BCUT2D eigenvalue weighted by atomic mass is 10.2. The first-order valence-electron chi connectivity index (χ1n) is 8.68. The molecule has 0 heterocycles. The molecule has 3 aromatic carbocycles. The molecule has 3 rings (SSSR count). The molecule has 7 nitrogen and oxygen atoms in total. The zero-order chi connectivity index (χ0) is 24.7. The average Bonchev–Trinajstić information content (AvgIpc) is 2.72. The Morgan fingerprint density at radius 3 is 1.27 bits per heavy atom. The van der Waals surface area contributed by atoms with Crippen molar-refractivity contribution in [3.8, 4) is 0 Å². The Morgan fingerprint density at radius 2 is 0.939 bits per heavy atom. The zero-order valence-electron chi connectivity index (χ0n) is 16.3. The van der Waals surface area contributed by atoms with E-state index in [-0.39, 0.29) is 32.2 Å². The summed E-state index contributed by atoms with van der Waals surface area (Å²) in [5.74, 6) is -5.40. The fourth-order valence-electron chi connectivity index (χ4n) is 2.30. The van der Waals surface area contributed by atoms with Crippen LogP contribution in [0, 0.1) is 17.5 Å². The van der Waals surface area contributed by atoms with Gasteiger partial charge in [-0.15, -0.1) is 0 Å². The lowest BCUT2D eigenvalue weighted by molar-refractivity contribution is 0.0682. The summed E-state index contributed by atoms with van der Waals surface area (Å²) < 4.78 is 38.8. The minimum atomic E-state index is -1.24. The number of benzene rings is 3. The largest absolute Gasteiger partial charge is 0.478 e. The van der Waals surface area contributed by atoms with Crippen LogP contribution in [0.4, 0.5) is 18.9 Å². The van der Waals surface area contributed by atoms with E-state index in [1.54, 1.807) is 0 Å². The fourth-order valence-corrected chi connectivity index (χ4v) is 4.66. The first-order chi connectivity index (χ1) is 15.5. The minimum absolute atomic E-state index is 0.0579. The quantitative estimate of drug-likeness (QED) is 0.265. The Hall–Kier alpha value is -3.64. The van der Waals surface area contributed by atoms with Crippen LogP contribution in [-0.2, 0) is 0 Å². The second-order valence-electron chi connectivity index (χ2n) is 6.09. The molecule has 0 aliphatic heterocycles. The summed E-state index contributed by atoms with van der Waals surface area (Å²) in [7, 11) is 1.70. The van der Waals surface area contributed by atoms with Crippen LogP contribution in [0.1, 0.15) is 31.1 Å². The van der Waals surface area contributed by atoms with Crippen LogP contribution in [0.5, 0.6) is 0 Å². The third-order valence-corrected chi connectivity index (χ3v) is 6.26. The van der Waals surface area contributed by atoms with E-state index >= 15 is 0 Å². The molecule has 3 aromatic rings. The van der Waals surface area contributed by atoms with Gasteiger partial charge in [0.1, 0.15) is 17.5 Å². The topological polar surface area (TPSA) is 138 Å². The van der Waals surface area contributed by atoms with Gasteiger partial charge in [0.25, 0.3) is 0 Å². The summed E-state index contributed by atoms with van der Waals surface area (Å²) in [5, 5.41) is 26.5. The van der Waals surface area contributed by atoms with E-state index in [9.17, 15) is 27.6 Å². The van der Waals surface area contributed by atoms with Crippen molar-refractivity contribution in [2.75, 3.05) is 5.73 Å². The van der Waals surface area contributed by atoms with Gasteiger partial charge in [0, 0.05) is 15.5 Å². The van der Waals surface area contributed by atoms with Crippen molar-refractivity contribution in [1.29, 1.82) is 0 Å². The Balaban J connectivity index is 0.000000294. The summed E-state index contributed by atoms with van der Waals surface area (Å²) >= 11 is 0. The smallest absolute Gasteiger partial charge is 0.337 e. The number of carbonyl (C=O) groups is 3. The van der Waals surface area contributed by atoms with Crippen LogP contribution >= 0.6 is 21.6 Å². The molecular formula is C21H14F3NO6S2. The molecule has 0 radical (unpaired) electrons. The molecular weight excluding hydrogens is 483 g/mol. The van der Waals surface area contributed by atoms with Crippen molar-refractivity contribution in [1.82, 2.24) is 0 Å². The Morgan fingerprint density at radius 1 is 0.606 bits per heavy atom. The predicted molar refractivity (Wildman–Crippen MR) is 116 cm³/mol. The van der Waals surface area contributed by atoms with Crippen LogP contribution in [-0.4, -0.2) is 33.2 Å². The number of carboxylic acid groups (broad SMARTS) is 3. The summed E-state index contributed by atoms with van der Waals surface area (Å²) in [4.78, 5) is 32.7. The van der Waals surface area contributed by atoms with Gasteiger partial charge < -0.3 is 21.1 Å². The summed E-state index contributed by atoms with van der Waals surface area (Å²) in [6.45, 7) is 0. The van der Waals surface area contributed by atoms with E-state index in [4.69, 9.17) is 21.1 Å². The number of halogens is 3. The normalized spacial score (nSPS) is 10.2. The number of carboxylic acids is 3. The summed E-state index contributed by atoms with van der Waals surface area (Å²) in [5.41, 5.74) is 4.83. The highest BCUT2D eigenvalue weighted by molar-refractivity contribution is 8.76. The van der Waals surface area contributed by atoms with Gasteiger partial charge in [-0.05, 0) is 54.6 Å². The van der Waals surface area contributed by atoms with Crippen molar-refractivity contribution in [2.24, 2.45) is 0 Å². The Bertz CT molecular complexity index is 1160. The maximum atomic E-state index is 13.2. The van der Waals surface area contributed by atoms with Gasteiger partial charge in [-0.2, -0.15) is 0 Å². The SMILES string of the molecule is Nc1cc(F)ccc1C(=O)O.O=C(O)c1ccc(F)cc1SSc1cc(F)ccc1C(=O)O. The van der Waals surface area contributed by atoms with Gasteiger partial charge in [0.15, 0.2) is 0 Å². The highest BCUT2D eigenvalue weighted by Gasteiger charge is 2.16. The molecule has 0 unspecified atom stereocenters. The molecule has 0 fully saturated rings. The number of rotatable bonds is 6. The number of hydrogen-bond acceptors (Lipinski definition) is 6. The molecule has 0 saturated heterocycles. The molecule has 0 aliphatic rings. The fraction of sp³-hybridized carbons (Fsp3) is 0. The lowest BCUT2D eigenvalue weighted by Crippen LogP contribution is -2.02. The lowest BCUT2D eigenvalue weighted by Gasteiger charge is -2.07. The second kappa shape index (κ2) is 11.3. The summed E-state index contributed by atoms with van der Waals surface area (Å²) in [6, 6.07) is 9.48. The number of nitrogens with two attached hydrogens (primary N) is 1. The van der Waals surface area contributed by atoms with E-state index in [0.29, 0.717) is 0 Å². The maximum Gasteiger partial charge on any atom is 0.337 e. The maximum absolute atomic E-state index is 13.2. The van der Waals surface area contributed by atoms with Gasteiger partial charge in [0.2, 0.25) is 0 Å². The molecule has 0 saturated carbocycles. The van der Waals surface area contributed by atoms with Crippen LogP contribution in [0.15, 0.2) is 64.4 Å². The first-order valence-corrected chi connectivity index (χ1v) is 10.8. The first kappa shape index (κ1) is 25.6. The molecule has 0 amide bonds. The van der Waals surface area contributed by atoms with Crippen LogP contribution < -0.4 is 5.73 Å². The monoisotopic (exact) mass is 497 g/mol. The molecule has 0 aliphatic carbocycles. The van der Waals surface area contributed by atoms with Crippen molar-refractivity contribution < 1.29 is 42.9 Å². The van der Waals surface area contributed by atoms with Gasteiger partial charge >= 0.3 is 17.9 Å². The molecule has 12 heteroatoms. The Labute approximate surface area is 192 Å². The predicted octanol–water partition coefficient (Wildman–Crippen LogP) is 5.27. The standard InChI is InChI=1S/C14H8F2O4S2.C7H6FNO2/c15-7-1-3-9(13(17)18)11(5-7)21-22-12-6-8(16)2-4-10(12)14(19)20;8-4-1-2-5(7(10)11)6(9)3-4/h1-6H,(H,17,18)(H,19,20);1-3H,9H2,(H,10,11). The third-order valence-electron chi connectivity index (χ3n) is 3.81. The molecule has 0 atom stereocenters. The molecule has 172 valence electrons. The van der Waals surface area contributed by atoms with Crippen LogP contribution in [0.2, 0.25) is 0 Å². The highest BCUT2D eigenvalue weighted by Crippen LogP contribution is 2.41. The number of hydrogen-bond donors (Lipinski definition) is 4. The van der Waals surface area contributed by atoms with E-state index < -0.39 is 35.4 Å². The van der Waals surface area contributed by atoms with E-state index in [0.717, 1.165) is 76.2 Å². The minimum Gasteiger partial charge on any atom is -0.478 e. The highest BCUT2D eigenvalue weighted by atomic mass is 33.1. The van der Waals surface area contributed by atoms with E-state index in [1.165, 1.54) is 0 Å². The van der Waals surface area contributed by atoms with Gasteiger partial charge in [-0.3, -0.25) is 0 Å². The molecule has 0 spiro atoms. The number of nitrogen functional groups attached to an aromatic ring is 1. The third kappa shape index (κ3) is 7.19. The molecule has 0 aromatic heterocycles. The van der Waals surface area contributed by atoms with Gasteiger partial charge in [0.05, 0.1) is 16.7 Å². The van der Waals surface area contributed by atoms with Crippen molar-refractivity contribution in [3.63, 3.8) is 0 Å². The van der Waals surface area contributed by atoms with Gasteiger partial charge in [-0.25, -0.2) is 27.6 Å². The van der Waals surface area contributed by atoms with Crippen molar-refractivity contribution in [3.05, 3.63) is 88.7 Å². The number of aromatic carboxylic acids is 3. The number of anilines is 1. The van der Waals surface area contributed by atoms with Crippen LogP contribution in [0.3, 0.4) is 0 Å². The summed E-state index contributed by atoms with van der Waals surface area (Å²) in [6.07, 6.45) is 0. The van der Waals surface area contributed by atoms with Crippen LogP contribution in [0.25, 0.3) is 0 Å². The zero-order valence-corrected chi connectivity index (χ0v) is 17.9.